The van der Waals surface area contributed by atoms with Gasteiger partial charge in [-0.3, -0.25) is 9.59 Å². The van der Waals surface area contributed by atoms with E-state index in [0.29, 0.717) is 11.5 Å². The van der Waals surface area contributed by atoms with Crippen molar-refractivity contribution in [3.8, 4) is 10.4 Å². The van der Waals surface area contributed by atoms with E-state index >= 15 is 0 Å². The number of benzene rings is 1. The predicted octanol–water partition coefficient (Wildman–Crippen LogP) is 3.99. The van der Waals surface area contributed by atoms with E-state index in [1.807, 2.05) is 57.5 Å². The lowest BCUT2D eigenvalue weighted by molar-refractivity contribution is -0.140. The largest absolute Gasteiger partial charge is 0.391 e. The highest BCUT2D eigenvalue weighted by Gasteiger charge is 2.43. The number of rotatable bonds is 7. The summed E-state index contributed by atoms with van der Waals surface area (Å²) in [7, 11) is 0. The molecule has 0 spiro atoms. The quantitative estimate of drug-likeness (QED) is 0.512. The van der Waals surface area contributed by atoms with Crippen LogP contribution in [-0.4, -0.2) is 50.7 Å². The smallest absolute Gasteiger partial charge is 0.243 e. The van der Waals surface area contributed by atoms with Gasteiger partial charge in [-0.25, -0.2) is 4.98 Å². The van der Waals surface area contributed by atoms with E-state index in [9.17, 15) is 14.7 Å². The molecule has 3 heterocycles. The maximum atomic E-state index is 13.5. The van der Waals surface area contributed by atoms with Crippen molar-refractivity contribution in [3.05, 3.63) is 58.6 Å². The standard InChI is InChI=1S/C26H32N4O4S/c1-14(2)23(21-10-15(3)34-29-21)26(33)30-12-20(31)11-22(30)25(32)28-16(4)18-6-8-19(9-7-18)24-17(5)27-13-35-24/h6-10,13-14,16,20,22-23,31H,11-12H2,1-5H3,(H,28,32)/t16-,20+,22-,23+/m0/s1. The normalized spacial score (nSPS) is 19.7. The first-order chi connectivity index (χ1) is 16.7. The summed E-state index contributed by atoms with van der Waals surface area (Å²) in [6, 6.07) is 8.80. The van der Waals surface area contributed by atoms with E-state index in [0.717, 1.165) is 21.7 Å². The fourth-order valence-electron chi connectivity index (χ4n) is 4.67. The second-order valence-electron chi connectivity index (χ2n) is 9.60. The number of aliphatic hydroxyl groups is 1. The Hall–Kier alpha value is -3.04. The molecule has 8 nitrogen and oxygen atoms in total. The molecule has 35 heavy (non-hydrogen) atoms. The van der Waals surface area contributed by atoms with Crippen molar-refractivity contribution >= 4 is 23.2 Å². The SMILES string of the molecule is Cc1cc([C@H](C(=O)N2C[C@H](O)C[C@H]2C(=O)N[C@@H](C)c2ccc(-c3scnc3C)cc2)C(C)C)no1. The Bertz CT molecular complexity index is 1190. The summed E-state index contributed by atoms with van der Waals surface area (Å²) in [6.07, 6.45) is -0.546. The van der Waals surface area contributed by atoms with Crippen LogP contribution in [0.15, 0.2) is 40.4 Å². The minimum Gasteiger partial charge on any atom is -0.391 e. The van der Waals surface area contributed by atoms with E-state index in [4.69, 9.17) is 4.52 Å². The summed E-state index contributed by atoms with van der Waals surface area (Å²) in [6.45, 7) is 9.67. The number of hydrogen-bond acceptors (Lipinski definition) is 7. The number of amides is 2. The van der Waals surface area contributed by atoms with Crippen molar-refractivity contribution in [3.63, 3.8) is 0 Å². The number of thiazole rings is 1. The van der Waals surface area contributed by atoms with Crippen LogP contribution in [-0.2, 0) is 9.59 Å². The number of hydrogen-bond donors (Lipinski definition) is 2. The van der Waals surface area contributed by atoms with Crippen LogP contribution in [0.4, 0.5) is 0 Å². The first-order valence-electron chi connectivity index (χ1n) is 11.9. The van der Waals surface area contributed by atoms with Gasteiger partial charge in [0.1, 0.15) is 11.8 Å². The Morgan fingerprint density at radius 3 is 2.49 bits per heavy atom. The Morgan fingerprint density at radius 2 is 1.91 bits per heavy atom. The Morgan fingerprint density at radius 1 is 1.20 bits per heavy atom. The highest BCUT2D eigenvalue weighted by molar-refractivity contribution is 7.13. The van der Waals surface area contributed by atoms with Crippen molar-refractivity contribution in [2.24, 2.45) is 5.92 Å². The molecule has 4 rings (SSSR count). The van der Waals surface area contributed by atoms with Gasteiger partial charge < -0.3 is 19.8 Å². The first-order valence-corrected chi connectivity index (χ1v) is 12.8. The van der Waals surface area contributed by atoms with Crippen LogP contribution in [0.5, 0.6) is 0 Å². The van der Waals surface area contributed by atoms with Gasteiger partial charge in [0.15, 0.2) is 0 Å². The third-order valence-corrected chi connectivity index (χ3v) is 7.52. The minimum atomic E-state index is -0.751. The molecule has 1 aromatic carbocycles. The van der Waals surface area contributed by atoms with Gasteiger partial charge in [-0.05, 0) is 37.8 Å². The maximum absolute atomic E-state index is 13.5. The fraction of sp³-hybridized carbons (Fsp3) is 0.462. The van der Waals surface area contributed by atoms with Crippen LogP contribution < -0.4 is 5.32 Å². The number of carbonyl (C=O) groups is 2. The summed E-state index contributed by atoms with van der Waals surface area (Å²) < 4.78 is 5.19. The summed E-state index contributed by atoms with van der Waals surface area (Å²) in [5.41, 5.74) is 5.42. The third kappa shape index (κ3) is 5.31. The van der Waals surface area contributed by atoms with Gasteiger partial charge in [-0.1, -0.05) is 43.3 Å². The summed E-state index contributed by atoms with van der Waals surface area (Å²) >= 11 is 1.60. The Balaban J connectivity index is 1.47. The van der Waals surface area contributed by atoms with Crippen LogP contribution >= 0.6 is 11.3 Å². The Labute approximate surface area is 209 Å². The van der Waals surface area contributed by atoms with Crippen LogP contribution in [0.1, 0.15) is 61.9 Å². The molecule has 9 heteroatoms. The van der Waals surface area contributed by atoms with E-state index in [1.165, 1.54) is 4.90 Å². The number of aromatic nitrogens is 2. The highest BCUT2D eigenvalue weighted by Crippen LogP contribution is 2.31. The van der Waals surface area contributed by atoms with Gasteiger partial charge in [-0.2, -0.15) is 0 Å². The number of aryl methyl sites for hydroxylation is 2. The molecule has 2 N–H and O–H groups in total. The number of nitrogens with zero attached hydrogens (tertiary/aromatic N) is 3. The van der Waals surface area contributed by atoms with Crippen LogP contribution in [0, 0.1) is 19.8 Å². The van der Waals surface area contributed by atoms with Crippen LogP contribution in [0.2, 0.25) is 0 Å². The number of aliphatic hydroxyl groups excluding tert-OH is 1. The molecule has 3 aromatic rings. The zero-order chi connectivity index (χ0) is 25.3. The van der Waals surface area contributed by atoms with Crippen molar-refractivity contribution < 1.29 is 19.2 Å². The lowest BCUT2D eigenvalue weighted by Gasteiger charge is -2.29. The molecular formula is C26H32N4O4S. The molecule has 0 saturated carbocycles. The second-order valence-corrected chi connectivity index (χ2v) is 10.5. The molecule has 1 saturated heterocycles. The van der Waals surface area contributed by atoms with Crippen molar-refractivity contribution in [2.75, 3.05) is 6.54 Å². The molecule has 0 bridgehead atoms. The molecule has 4 atom stereocenters. The zero-order valence-corrected chi connectivity index (χ0v) is 21.5. The summed E-state index contributed by atoms with van der Waals surface area (Å²) in [5, 5.41) is 17.4. The van der Waals surface area contributed by atoms with Gasteiger partial charge >= 0.3 is 0 Å². The molecule has 0 radical (unpaired) electrons. The molecule has 0 unspecified atom stereocenters. The van der Waals surface area contributed by atoms with Gasteiger partial charge in [-0.15, -0.1) is 11.3 Å². The lowest BCUT2D eigenvalue weighted by atomic mass is 9.90. The van der Waals surface area contributed by atoms with Gasteiger partial charge in [0.25, 0.3) is 0 Å². The molecule has 1 aliphatic rings. The molecule has 1 fully saturated rings. The van der Waals surface area contributed by atoms with Gasteiger partial charge in [0.05, 0.1) is 39.8 Å². The molecule has 2 amide bonds. The third-order valence-electron chi connectivity index (χ3n) is 6.54. The second kappa shape index (κ2) is 10.3. The maximum Gasteiger partial charge on any atom is 0.243 e. The van der Waals surface area contributed by atoms with E-state index in [1.54, 1.807) is 24.3 Å². The molecule has 186 valence electrons. The minimum absolute atomic E-state index is 0.0481. The first kappa shape index (κ1) is 25.1. The monoisotopic (exact) mass is 496 g/mol. The number of likely N-dealkylation sites (tertiary alicyclic amines) is 1. The zero-order valence-electron chi connectivity index (χ0n) is 20.7. The van der Waals surface area contributed by atoms with Crippen LogP contribution in [0.3, 0.4) is 0 Å². The summed E-state index contributed by atoms with van der Waals surface area (Å²) in [5.74, 6) is -0.466. The summed E-state index contributed by atoms with van der Waals surface area (Å²) in [4.78, 5) is 33.7. The molecular weight excluding hydrogens is 464 g/mol. The van der Waals surface area contributed by atoms with E-state index < -0.39 is 18.1 Å². The fourth-order valence-corrected chi connectivity index (χ4v) is 5.48. The van der Waals surface area contributed by atoms with Crippen LogP contribution in [0.25, 0.3) is 10.4 Å². The predicted molar refractivity (Wildman–Crippen MR) is 134 cm³/mol. The molecule has 1 aliphatic heterocycles. The average Bonchev–Trinajstić information content (AvgIpc) is 3.53. The van der Waals surface area contributed by atoms with Crippen molar-refractivity contribution in [1.82, 2.24) is 20.4 Å². The molecule has 2 aromatic heterocycles. The average molecular weight is 497 g/mol. The van der Waals surface area contributed by atoms with Crippen molar-refractivity contribution in [2.45, 2.75) is 65.1 Å². The van der Waals surface area contributed by atoms with Gasteiger partial charge in [0.2, 0.25) is 11.8 Å². The molecule has 0 aliphatic carbocycles. The number of nitrogens with one attached hydrogen (secondary N) is 1. The number of β-amino-alcohol motifs (C(OH)–C–C–N with tert-alkyl or cyclic N) is 1. The van der Waals surface area contributed by atoms with Gasteiger partial charge in [0, 0.05) is 19.0 Å². The Kier molecular flexibility index (Phi) is 7.37. The highest BCUT2D eigenvalue weighted by atomic mass is 32.1. The van der Waals surface area contributed by atoms with E-state index in [2.05, 4.69) is 15.5 Å². The topological polar surface area (TPSA) is 109 Å². The van der Waals surface area contributed by atoms with Crippen molar-refractivity contribution in [1.29, 1.82) is 0 Å². The lowest BCUT2D eigenvalue weighted by Crippen LogP contribution is -2.48. The number of carbonyl (C=O) groups excluding carboxylic acids is 2. The van der Waals surface area contributed by atoms with E-state index in [-0.39, 0.29) is 36.7 Å².